The van der Waals surface area contributed by atoms with E-state index in [0.29, 0.717) is 28.5 Å². The quantitative estimate of drug-likeness (QED) is 0.673. The lowest BCUT2D eigenvalue weighted by Crippen LogP contribution is -2.35. The first-order valence-electron chi connectivity index (χ1n) is 8.29. The van der Waals surface area contributed by atoms with Gasteiger partial charge in [0, 0.05) is 13.2 Å². The molecule has 9 heteroatoms. The minimum Gasteiger partial charge on any atom is -0.493 e. The summed E-state index contributed by atoms with van der Waals surface area (Å²) in [5.74, 6) is -0.731. The molecule has 0 saturated heterocycles. The van der Waals surface area contributed by atoms with Crippen LogP contribution >= 0.6 is 0 Å². The first-order chi connectivity index (χ1) is 13.4. The molecule has 150 valence electrons. The van der Waals surface area contributed by atoms with Crippen molar-refractivity contribution in [1.82, 2.24) is 9.88 Å². The van der Waals surface area contributed by atoms with Crippen LogP contribution in [-0.2, 0) is 27.8 Å². The summed E-state index contributed by atoms with van der Waals surface area (Å²) in [6, 6.07) is 6.47. The lowest BCUT2D eigenvalue weighted by atomic mass is 10.1. The number of rotatable bonds is 8. The molecule has 0 bridgehead atoms. The second kappa shape index (κ2) is 9.45. The van der Waals surface area contributed by atoms with Gasteiger partial charge in [-0.1, -0.05) is 0 Å². The lowest BCUT2D eigenvalue weighted by Gasteiger charge is -2.14. The van der Waals surface area contributed by atoms with Gasteiger partial charge in [0.2, 0.25) is 5.75 Å². The highest BCUT2D eigenvalue weighted by Crippen LogP contribution is 2.38. The van der Waals surface area contributed by atoms with Crippen molar-refractivity contribution < 1.29 is 33.3 Å². The van der Waals surface area contributed by atoms with Crippen molar-refractivity contribution in [3.63, 3.8) is 0 Å². The van der Waals surface area contributed by atoms with Crippen LogP contribution in [0.25, 0.3) is 0 Å². The number of amides is 2. The Morgan fingerprint density at radius 3 is 2.18 bits per heavy atom. The zero-order valence-corrected chi connectivity index (χ0v) is 16.1. The van der Waals surface area contributed by atoms with Crippen LogP contribution in [0.15, 0.2) is 30.5 Å². The van der Waals surface area contributed by atoms with Crippen LogP contribution in [-0.4, -0.2) is 50.3 Å². The first kappa shape index (κ1) is 20.8. The SMILES string of the molecule is COc1cc(CC(=O)OCC(=O)NC(=O)c2cccn2C)cc(OC)c1OC. The minimum absolute atomic E-state index is 0.115. The fraction of sp³-hybridized carbons (Fsp3) is 0.316. The van der Waals surface area contributed by atoms with Crippen LogP contribution in [0.1, 0.15) is 16.1 Å². The van der Waals surface area contributed by atoms with Crippen molar-refractivity contribution in [2.45, 2.75) is 6.42 Å². The second-order valence-corrected chi connectivity index (χ2v) is 5.75. The van der Waals surface area contributed by atoms with Crippen LogP contribution in [0.2, 0.25) is 0 Å². The number of nitrogens with one attached hydrogen (secondary N) is 1. The molecule has 9 nitrogen and oxygen atoms in total. The van der Waals surface area contributed by atoms with Crippen molar-refractivity contribution in [3.8, 4) is 17.2 Å². The van der Waals surface area contributed by atoms with Crippen molar-refractivity contribution in [3.05, 3.63) is 41.7 Å². The summed E-state index contributed by atoms with van der Waals surface area (Å²) in [5.41, 5.74) is 0.872. The van der Waals surface area contributed by atoms with Gasteiger partial charge in [-0.2, -0.15) is 0 Å². The number of ether oxygens (including phenoxy) is 4. The molecule has 2 rings (SSSR count). The van der Waals surface area contributed by atoms with Gasteiger partial charge in [-0.3, -0.25) is 19.7 Å². The third-order valence-corrected chi connectivity index (χ3v) is 3.87. The van der Waals surface area contributed by atoms with E-state index in [1.54, 1.807) is 42.1 Å². The van der Waals surface area contributed by atoms with E-state index in [2.05, 4.69) is 5.32 Å². The van der Waals surface area contributed by atoms with Crippen molar-refractivity contribution in [2.75, 3.05) is 27.9 Å². The number of aromatic nitrogens is 1. The van der Waals surface area contributed by atoms with E-state index in [0.717, 1.165) is 0 Å². The maximum Gasteiger partial charge on any atom is 0.310 e. The zero-order chi connectivity index (χ0) is 20.7. The van der Waals surface area contributed by atoms with Gasteiger partial charge in [0.1, 0.15) is 5.69 Å². The second-order valence-electron chi connectivity index (χ2n) is 5.75. The van der Waals surface area contributed by atoms with Gasteiger partial charge in [0.05, 0.1) is 27.8 Å². The Hall–Kier alpha value is -3.49. The van der Waals surface area contributed by atoms with E-state index in [1.165, 1.54) is 21.3 Å². The molecular formula is C19H22N2O7. The number of nitrogens with zero attached hydrogens (tertiary/aromatic N) is 1. The highest BCUT2D eigenvalue weighted by molar-refractivity contribution is 6.04. The summed E-state index contributed by atoms with van der Waals surface area (Å²) in [4.78, 5) is 35.8. The molecule has 0 radical (unpaired) electrons. The minimum atomic E-state index is -0.718. The summed E-state index contributed by atoms with van der Waals surface area (Å²) in [7, 11) is 6.08. The summed E-state index contributed by atoms with van der Waals surface area (Å²) in [5, 5.41) is 2.16. The smallest absolute Gasteiger partial charge is 0.310 e. The molecule has 1 N–H and O–H groups in total. The molecule has 0 aliphatic rings. The van der Waals surface area contributed by atoms with Crippen LogP contribution in [0.5, 0.6) is 17.2 Å². The Balaban J connectivity index is 1.92. The van der Waals surface area contributed by atoms with Crippen LogP contribution < -0.4 is 19.5 Å². The van der Waals surface area contributed by atoms with Crippen molar-refractivity contribution >= 4 is 17.8 Å². The molecule has 0 saturated carbocycles. The largest absolute Gasteiger partial charge is 0.493 e. The molecule has 0 fully saturated rings. The summed E-state index contributed by atoms with van der Waals surface area (Å²) < 4.78 is 22.2. The zero-order valence-electron chi connectivity index (χ0n) is 16.1. The van der Waals surface area contributed by atoms with E-state index >= 15 is 0 Å². The monoisotopic (exact) mass is 390 g/mol. The number of esters is 1. The molecule has 2 aromatic rings. The van der Waals surface area contributed by atoms with Gasteiger partial charge >= 0.3 is 5.97 Å². The van der Waals surface area contributed by atoms with Gasteiger partial charge in [0.15, 0.2) is 18.1 Å². The van der Waals surface area contributed by atoms with Crippen LogP contribution in [0.3, 0.4) is 0 Å². The molecule has 0 aliphatic heterocycles. The number of benzene rings is 1. The Bertz CT molecular complexity index is 848. The Labute approximate surface area is 162 Å². The molecular weight excluding hydrogens is 368 g/mol. The fourth-order valence-electron chi connectivity index (χ4n) is 2.52. The molecule has 1 heterocycles. The number of imide groups is 1. The van der Waals surface area contributed by atoms with Gasteiger partial charge in [0.25, 0.3) is 11.8 Å². The standard InChI is InChI=1S/C19H22N2O7/c1-21-7-5-6-13(21)19(24)20-16(22)11-28-17(23)10-12-8-14(25-2)18(27-4)15(9-12)26-3/h5-9H,10-11H2,1-4H3,(H,20,22,24). The van der Waals surface area contributed by atoms with E-state index in [1.807, 2.05) is 0 Å². The highest BCUT2D eigenvalue weighted by Gasteiger charge is 2.17. The van der Waals surface area contributed by atoms with E-state index in [-0.39, 0.29) is 6.42 Å². The Kier molecular flexibility index (Phi) is 7.02. The van der Waals surface area contributed by atoms with Crippen molar-refractivity contribution in [2.24, 2.45) is 7.05 Å². The number of aryl methyl sites for hydroxylation is 1. The Morgan fingerprint density at radius 1 is 1.04 bits per heavy atom. The van der Waals surface area contributed by atoms with E-state index < -0.39 is 24.4 Å². The van der Waals surface area contributed by atoms with Gasteiger partial charge < -0.3 is 23.5 Å². The molecule has 2 amide bonds. The number of hydrogen-bond donors (Lipinski definition) is 1. The molecule has 0 aliphatic carbocycles. The number of methoxy groups -OCH3 is 3. The molecule has 0 spiro atoms. The van der Waals surface area contributed by atoms with Crippen LogP contribution in [0.4, 0.5) is 0 Å². The average molecular weight is 390 g/mol. The van der Waals surface area contributed by atoms with Gasteiger partial charge in [-0.05, 0) is 29.8 Å². The Morgan fingerprint density at radius 2 is 1.68 bits per heavy atom. The lowest BCUT2D eigenvalue weighted by molar-refractivity contribution is -0.147. The van der Waals surface area contributed by atoms with Crippen molar-refractivity contribution in [1.29, 1.82) is 0 Å². The summed E-state index contributed by atoms with van der Waals surface area (Å²) in [6.45, 7) is -0.570. The molecule has 0 atom stereocenters. The predicted octanol–water partition coefficient (Wildman–Crippen LogP) is 1.09. The third-order valence-electron chi connectivity index (χ3n) is 3.87. The van der Waals surface area contributed by atoms with E-state index in [4.69, 9.17) is 18.9 Å². The summed E-state index contributed by atoms with van der Waals surface area (Å²) in [6.07, 6.45) is 1.56. The van der Waals surface area contributed by atoms with Gasteiger partial charge in [-0.15, -0.1) is 0 Å². The maximum atomic E-state index is 12.0. The fourth-order valence-corrected chi connectivity index (χ4v) is 2.52. The average Bonchev–Trinajstić information content (AvgIpc) is 3.11. The topological polar surface area (TPSA) is 105 Å². The number of hydrogen-bond acceptors (Lipinski definition) is 7. The molecule has 28 heavy (non-hydrogen) atoms. The maximum absolute atomic E-state index is 12.0. The predicted molar refractivity (Wildman–Crippen MR) is 98.6 cm³/mol. The first-order valence-corrected chi connectivity index (χ1v) is 8.29. The van der Waals surface area contributed by atoms with Gasteiger partial charge in [-0.25, -0.2) is 0 Å². The summed E-state index contributed by atoms with van der Waals surface area (Å²) >= 11 is 0. The molecule has 1 aromatic heterocycles. The normalized spacial score (nSPS) is 10.1. The van der Waals surface area contributed by atoms with E-state index in [9.17, 15) is 14.4 Å². The highest BCUT2D eigenvalue weighted by atomic mass is 16.5. The molecule has 0 unspecified atom stereocenters. The molecule has 1 aromatic carbocycles. The third kappa shape index (κ3) is 5.03. The number of carbonyl (C=O) groups excluding carboxylic acids is 3. The number of carbonyl (C=O) groups is 3. The van der Waals surface area contributed by atoms with Crippen LogP contribution in [0, 0.1) is 0 Å².